The molecular formula is C17H18N2OS. The molecule has 1 aliphatic rings. The van der Waals surface area contributed by atoms with Crippen LogP contribution in [0, 0.1) is 0 Å². The van der Waals surface area contributed by atoms with Crippen LogP contribution in [0.25, 0.3) is 0 Å². The third kappa shape index (κ3) is 2.57. The molecule has 0 saturated heterocycles. The number of carbonyl (C=O) groups is 1. The monoisotopic (exact) mass is 298 g/mol. The molecule has 0 radical (unpaired) electrons. The van der Waals surface area contributed by atoms with Crippen LogP contribution in [0.5, 0.6) is 0 Å². The Bertz CT molecular complexity index is 655. The van der Waals surface area contributed by atoms with E-state index in [-0.39, 0.29) is 5.91 Å². The summed E-state index contributed by atoms with van der Waals surface area (Å²) in [5, 5.41) is 0. The summed E-state index contributed by atoms with van der Waals surface area (Å²) < 4.78 is 0. The Hall–Kier alpha value is -1.78. The second-order valence-corrected chi connectivity index (χ2v) is 6.48. The highest BCUT2D eigenvalue weighted by atomic mass is 32.2. The van der Waals surface area contributed by atoms with Gasteiger partial charge in [-0.1, -0.05) is 42.5 Å². The molecule has 0 bridgehead atoms. The summed E-state index contributed by atoms with van der Waals surface area (Å²) in [5.41, 5.74) is 7.16. The summed E-state index contributed by atoms with van der Waals surface area (Å²) in [5.74, 6) is 0.842. The lowest BCUT2D eigenvalue weighted by Crippen LogP contribution is -2.52. The predicted octanol–water partition coefficient (Wildman–Crippen LogP) is 3.00. The third-order valence-electron chi connectivity index (χ3n) is 3.79. The summed E-state index contributed by atoms with van der Waals surface area (Å²) in [7, 11) is 0. The minimum absolute atomic E-state index is 0.0542. The van der Waals surface area contributed by atoms with Gasteiger partial charge >= 0.3 is 0 Å². The first kappa shape index (κ1) is 14.2. The van der Waals surface area contributed by atoms with Gasteiger partial charge in [-0.25, -0.2) is 0 Å². The van der Waals surface area contributed by atoms with Crippen molar-refractivity contribution in [3.05, 3.63) is 60.2 Å². The van der Waals surface area contributed by atoms with Crippen LogP contribution in [0.2, 0.25) is 0 Å². The summed E-state index contributed by atoms with van der Waals surface area (Å²) in [6, 6.07) is 17.6. The van der Waals surface area contributed by atoms with E-state index in [1.165, 1.54) is 0 Å². The number of amides is 1. The number of para-hydroxylation sites is 1. The van der Waals surface area contributed by atoms with Crippen LogP contribution in [0.4, 0.5) is 5.69 Å². The maximum absolute atomic E-state index is 13.0. The van der Waals surface area contributed by atoms with Crippen molar-refractivity contribution in [3.63, 3.8) is 0 Å². The molecule has 0 aromatic heterocycles. The van der Waals surface area contributed by atoms with Gasteiger partial charge in [0, 0.05) is 17.2 Å². The fraction of sp³-hybridized carbons (Fsp3) is 0.235. The van der Waals surface area contributed by atoms with Crippen molar-refractivity contribution in [1.29, 1.82) is 0 Å². The van der Waals surface area contributed by atoms with Crippen LogP contribution >= 0.6 is 11.8 Å². The highest BCUT2D eigenvalue weighted by molar-refractivity contribution is 7.99. The van der Waals surface area contributed by atoms with Crippen LogP contribution in [0.1, 0.15) is 12.5 Å². The Morgan fingerprint density at radius 2 is 1.81 bits per heavy atom. The lowest BCUT2D eigenvalue weighted by molar-refractivity contribution is -0.123. The molecule has 0 fully saturated rings. The molecule has 3 rings (SSSR count). The summed E-state index contributed by atoms with van der Waals surface area (Å²) in [4.78, 5) is 15.9. The van der Waals surface area contributed by atoms with Crippen molar-refractivity contribution in [2.75, 3.05) is 17.2 Å². The zero-order chi connectivity index (χ0) is 14.9. The molecule has 2 aromatic rings. The van der Waals surface area contributed by atoms with Gasteiger partial charge < -0.3 is 10.6 Å². The van der Waals surface area contributed by atoms with E-state index in [2.05, 4.69) is 6.07 Å². The number of anilines is 1. The molecule has 0 aliphatic carbocycles. The van der Waals surface area contributed by atoms with Gasteiger partial charge in [0.2, 0.25) is 0 Å². The predicted molar refractivity (Wildman–Crippen MR) is 87.5 cm³/mol. The fourth-order valence-electron chi connectivity index (χ4n) is 2.57. The zero-order valence-corrected chi connectivity index (χ0v) is 12.8. The van der Waals surface area contributed by atoms with E-state index in [0.29, 0.717) is 6.54 Å². The van der Waals surface area contributed by atoms with Crippen LogP contribution < -0.4 is 10.6 Å². The molecule has 1 atom stereocenters. The van der Waals surface area contributed by atoms with E-state index in [9.17, 15) is 4.79 Å². The van der Waals surface area contributed by atoms with E-state index in [0.717, 1.165) is 21.9 Å². The number of carbonyl (C=O) groups excluding carboxylic acids is 1. The number of thioether (sulfide) groups is 1. The van der Waals surface area contributed by atoms with Crippen molar-refractivity contribution >= 4 is 23.4 Å². The van der Waals surface area contributed by atoms with Crippen LogP contribution in [0.15, 0.2) is 59.5 Å². The van der Waals surface area contributed by atoms with Crippen molar-refractivity contribution in [2.45, 2.75) is 17.4 Å². The van der Waals surface area contributed by atoms with Crippen LogP contribution in [-0.2, 0) is 10.3 Å². The number of hydrogen-bond donors (Lipinski definition) is 1. The van der Waals surface area contributed by atoms with E-state index >= 15 is 0 Å². The minimum atomic E-state index is -1.02. The first-order chi connectivity index (χ1) is 10.1. The first-order valence-corrected chi connectivity index (χ1v) is 7.97. The average Bonchev–Trinajstić information content (AvgIpc) is 2.54. The van der Waals surface area contributed by atoms with Crippen molar-refractivity contribution < 1.29 is 4.79 Å². The fourth-order valence-corrected chi connectivity index (χ4v) is 3.56. The topological polar surface area (TPSA) is 46.3 Å². The Kier molecular flexibility index (Phi) is 3.74. The zero-order valence-electron chi connectivity index (χ0n) is 12.0. The molecule has 2 aromatic carbocycles. The second-order valence-electron chi connectivity index (χ2n) is 5.34. The number of nitrogens with two attached hydrogens (primary N) is 1. The van der Waals surface area contributed by atoms with Gasteiger partial charge in [0.25, 0.3) is 5.91 Å². The van der Waals surface area contributed by atoms with Crippen molar-refractivity contribution in [3.8, 4) is 0 Å². The molecule has 0 spiro atoms. The quantitative estimate of drug-likeness (QED) is 0.927. The lowest BCUT2D eigenvalue weighted by atomic mass is 9.91. The molecule has 4 heteroatoms. The second kappa shape index (κ2) is 5.54. The van der Waals surface area contributed by atoms with E-state index in [1.54, 1.807) is 18.7 Å². The molecule has 1 unspecified atom stereocenters. The largest absolute Gasteiger partial charge is 0.314 e. The average molecular weight is 298 g/mol. The van der Waals surface area contributed by atoms with Crippen LogP contribution in [0.3, 0.4) is 0 Å². The highest BCUT2D eigenvalue weighted by Gasteiger charge is 2.36. The minimum Gasteiger partial charge on any atom is -0.314 e. The van der Waals surface area contributed by atoms with Gasteiger partial charge in [0.1, 0.15) is 5.54 Å². The van der Waals surface area contributed by atoms with Gasteiger partial charge in [-0.2, -0.15) is 0 Å². The molecule has 108 valence electrons. The number of fused-ring (bicyclic) bond motifs is 1. The Morgan fingerprint density at radius 1 is 1.14 bits per heavy atom. The van der Waals surface area contributed by atoms with E-state index < -0.39 is 5.54 Å². The lowest BCUT2D eigenvalue weighted by Gasteiger charge is -2.35. The number of nitrogens with zero attached hydrogens (tertiary/aromatic N) is 1. The number of hydrogen-bond acceptors (Lipinski definition) is 3. The molecule has 3 nitrogen and oxygen atoms in total. The van der Waals surface area contributed by atoms with E-state index in [1.807, 2.05) is 53.4 Å². The Labute approximate surface area is 129 Å². The van der Waals surface area contributed by atoms with Gasteiger partial charge in [-0.05, 0) is 24.6 Å². The molecule has 1 amide bonds. The van der Waals surface area contributed by atoms with Gasteiger partial charge in [0.05, 0.1) is 5.69 Å². The first-order valence-electron chi connectivity index (χ1n) is 6.99. The molecule has 1 heterocycles. The van der Waals surface area contributed by atoms with Crippen molar-refractivity contribution in [1.82, 2.24) is 0 Å². The molecule has 1 aliphatic heterocycles. The molecule has 21 heavy (non-hydrogen) atoms. The summed E-state index contributed by atoms with van der Waals surface area (Å²) in [6.45, 7) is 2.48. The van der Waals surface area contributed by atoms with Gasteiger partial charge in [0.15, 0.2) is 0 Å². The Morgan fingerprint density at radius 3 is 2.57 bits per heavy atom. The number of rotatable bonds is 2. The summed E-state index contributed by atoms with van der Waals surface area (Å²) in [6.07, 6.45) is 0. The normalized spacial score (nSPS) is 17.0. The van der Waals surface area contributed by atoms with Gasteiger partial charge in [-0.15, -0.1) is 11.8 Å². The third-order valence-corrected chi connectivity index (χ3v) is 4.83. The van der Waals surface area contributed by atoms with Gasteiger partial charge in [-0.3, -0.25) is 4.79 Å². The maximum atomic E-state index is 13.0. The standard InChI is InChI=1S/C17H18N2OS/c1-17(18,13-7-3-2-4-8-13)16(20)19-11-12-21-15-10-6-5-9-14(15)19/h2-10H,11-12,18H2,1H3. The highest BCUT2D eigenvalue weighted by Crippen LogP contribution is 2.36. The van der Waals surface area contributed by atoms with Crippen LogP contribution in [-0.4, -0.2) is 18.2 Å². The SMILES string of the molecule is CC(N)(C(=O)N1CCSc2ccccc21)c1ccccc1. The smallest absolute Gasteiger partial charge is 0.251 e. The van der Waals surface area contributed by atoms with E-state index in [4.69, 9.17) is 5.73 Å². The maximum Gasteiger partial charge on any atom is 0.251 e. The Balaban J connectivity index is 1.96. The molecular weight excluding hydrogens is 280 g/mol. The number of benzene rings is 2. The summed E-state index contributed by atoms with van der Waals surface area (Å²) >= 11 is 1.78. The molecule has 0 saturated carbocycles. The molecule has 2 N–H and O–H groups in total. The van der Waals surface area contributed by atoms with Crippen molar-refractivity contribution in [2.24, 2.45) is 5.73 Å².